The monoisotopic (exact) mass is 306 g/mol. The number of amides is 1. The number of rotatable bonds is 7. The highest BCUT2D eigenvalue weighted by atomic mass is 35.5. The third-order valence-electron chi connectivity index (χ3n) is 3.21. The van der Waals surface area contributed by atoms with E-state index in [2.05, 4.69) is 4.98 Å². The van der Waals surface area contributed by atoms with Crippen molar-refractivity contribution in [1.82, 2.24) is 9.88 Å². The number of benzene rings is 1. The zero-order valence-electron chi connectivity index (χ0n) is 11.8. The number of hydrogen-bond donors (Lipinski definition) is 2. The highest BCUT2D eigenvalue weighted by molar-refractivity contribution is 6.30. The Balaban J connectivity index is 2.04. The molecule has 0 saturated heterocycles. The van der Waals surface area contributed by atoms with Gasteiger partial charge in [-0.05, 0) is 36.2 Å². The zero-order valence-corrected chi connectivity index (χ0v) is 12.5. The lowest BCUT2D eigenvalue weighted by atomic mass is 10.2. The molecule has 1 aromatic heterocycles. The molecule has 2 aromatic rings. The van der Waals surface area contributed by atoms with E-state index in [4.69, 9.17) is 16.7 Å². The van der Waals surface area contributed by atoms with E-state index in [1.54, 1.807) is 11.1 Å². The summed E-state index contributed by atoms with van der Waals surface area (Å²) in [5.74, 6) is 0.0332. The van der Waals surface area contributed by atoms with Crippen molar-refractivity contribution in [1.29, 1.82) is 0 Å². The first-order valence-corrected chi connectivity index (χ1v) is 7.32. The van der Waals surface area contributed by atoms with Crippen LogP contribution in [0.4, 0.5) is 0 Å². The van der Waals surface area contributed by atoms with Crippen LogP contribution in [-0.4, -0.2) is 34.0 Å². The second-order valence-corrected chi connectivity index (χ2v) is 5.33. The van der Waals surface area contributed by atoms with Crippen LogP contribution in [0.25, 0.3) is 0 Å². The van der Waals surface area contributed by atoms with E-state index in [0.717, 1.165) is 11.3 Å². The van der Waals surface area contributed by atoms with Gasteiger partial charge in [-0.25, -0.2) is 0 Å². The van der Waals surface area contributed by atoms with E-state index < -0.39 is 0 Å². The van der Waals surface area contributed by atoms with Gasteiger partial charge in [-0.3, -0.25) is 4.79 Å². The van der Waals surface area contributed by atoms with E-state index in [1.165, 1.54) is 0 Å². The lowest BCUT2D eigenvalue weighted by Gasteiger charge is -2.22. The average Bonchev–Trinajstić information content (AvgIpc) is 2.96. The Morgan fingerprint density at radius 3 is 2.81 bits per heavy atom. The van der Waals surface area contributed by atoms with Gasteiger partial charge in [0.05, 0.1) is 6.42 Å². The molecule has 1 heterocycles. The van der Waals surface area contributed by atoms with Crippen LogP contribution in [0.1, 0.15) is 17.7 Å². The van der Waals surface area contributed by atoms with Gasteiger partial charge in [-0.15, -0.1) is 0 Å². The number of aliphatic hydroxyl groups is 1. The van der Waals surface area contributed by atoms with Gasteiger partial charge in [-0.2, -0.15) is 0 Å². The Labute approximate surface area is 129 Å². The van der Waals surface area contributed by atoms with Gasteiger partial charge in [0, 0.05) is 36.6 Å². The van der Waals surface area contributed by atoms with Crippen molar-refractivity contribution in [2.45, 2.75) is 19.4 Å². The molecule has 0 unspecified atom stereocenters. The molecule has 4 nitrogen and oxygen atoms in total. The van der Waals surface area contributed by atoms with Gasteiger partial charge in [-0.1, -0.05) is 23.7 Å². The molecule has 112 valence electrons. The number of nitrogens with one attached hydrogen (secondary N) is 1. The van der Waals surface area contributed by atoms with Crippen LogP contribution in [0.3, 0.4) is 0 Å². The number of halogens is 1. The molecule has 0 bridgehead atoms. The largest absolute Gasteiger partial charge is 0.396 e. The number of aromatic amines is 1. The molecule has 0 aliphatic rings. The number of aliphatic hydroxyl groups excluding tert-OH is 1. The van der Waals surface area contributed by atoms with E-state index in [-0.39, 0.29) is 12.5 Å². The summed E-state index contributed by atoms with van der Waals surface area (Å²) in [4.78, 5) is 17.2. The van der Waals surface area contributed by atoms with Crippen LogP contribution in [-0.2, 0) is 17.8 Å². The molecule has 21 heavy (non-hydrogen) atoms. The zero-order chi connectivity index (χ0) is 15.1. The summed E-state index contributed by atoms with van der Waals surface area (Å²) in [6.45, 7) is 1.10. The molecular weight excluding hydrogens is 288 g/mol. The molecule has 1 amide bonds. The van der Waals surface area contributed by atoms with Gasteiger partial charge in [0.15, 0.2) is 0 Å². The minimum atomic E-state index is 0.0332. The first kappa shape index (κ1) is 15.6. The quantitative estimate of drug-likeness (QED) is 0.826. The maximum Gasteiger partial charge on any atom is 0.228 e. The van der Waals surface area contributed by atoms with Gasteiger partial charge < -0.3 is 15.0 Å². The SMILES string of the molecule is O=C(Cc1ccc[nH]1)N(CCCO)Cc1cccc(Cl)c1. The maximum atomic E-state index is 12.4. The third kappa shape index (κ3) is 4.92. The molecule has 0 saturated carbocycles. The van der Waals surface area contributed by atoms with Crippen molar-refractivity contribution >= 4 is 17.5 Å². The van der Waals surface area contributed by atoms with Crippen molar-refractivity contribution in [2.24, 2.45) is 0 Å². The molecule has 0 aliphatic heterocycles. The fraction of sp³-hybridized carbons (Fsp3) is 0.312. The average molecular weight is 307 g/mol. The highest BCUT2D eigenvalue weighted by Gasteiger charge is 2.14. The third-order valence-corrected chi connectivity index (χ3v) is 3.44. The predicted molar refractivity (Wildman–Crippen MR) is 83.1 cm³/mol. The first-order chi connectivity index (χ1) is 10.2. The van der Waals surface area contributed by atoms with Crippen LogP contribution < -0.4 is 0 Å². The molecule has 0 aliphatic carbocycles. The summed E-state index contributed by atoms with van der Waals surface area (Å²) in [7, 11) is 0. The topological polar surface area (TPSA) is 56.3 Å². The van der Waals surface area contributed by atoms with Crippen molar-refractivity contribution in [3.05, 3.63) is 58.9 Å². The van der Waals surface area contributed by atoms with Crippen LogP contribution >= 0.6 is 11.6 Å². The number of nitrogens with zero attached hydrogens (tertiary/aromatic N) is 1. The number of H-pyrrole nitrogens is 1. The minimum Gasteiger partial charge on any atom is -0.396 e. The predicted octanol–water partition coefficient (Wildman–Crippen LogP) is 2.62. The van der Waals surface area contributed by atoms with Gasteiger partial charge >= 0.3 is 0 Å². The molecule has 0 radical (unpaired) electrons. The van der Waals surface area contributed by atoms with Crippen LogP contribution in [0.5, 0.6) is 0 Å². The fourth-order valence-electron chi connectivity index (χ4n) is 2.16. The maximum absolute atomic E-state index is 12.4. The molecule has 5 heteroatoms. The lowest BCUT2D eigenvalue weighted by Crippen LogP contribution is -2.33. The Morgan fingerprint density at radius 2 is 2.14 bits per heavy atom. The molecule has 0 atom stereocenters. The van der Waals surface area contributed by atoms with E-state index in [1.807, 2.05) is 36.4 Å². The van der Waals surface area contributed by atoms with Crippen molar-refractivity contribution < 1.29 is 9.90 Å². The van der Waals surface area contributed by atoms with Gasteiger partial charge in [0.2, 0.25) is 5.91 Å². The second kappa shape index (κ2) is 7.86. The molecule has 2 rings (SSSR count). The van der Waals surface area contributed by atoms with E-state index >= 15 is 0 Å². The molecule has 2 N–H and O–H groups in total. The van der Waals surface area contributed by atoms with E-state index in [0.29, 0.717) is 31.0 Å². The van der Waals surface area contributed by atoms with Gasteiger partial charge in [0.25, 0.3) is 0 Å². The Morgan fingerprint density at radius 1 is 1.29 bits per heavy atom. The van der Waals surface area contributed by atoms with Crippen LogP contribution in [0.2, 0.25) is 5.02 Å². The molecule has 0 fully saturated rings. The smallest absolute Gasteiger partial charge is 0.228 e. The van der Waals surface area contributed by atoms with Crippen molar-refractivity contribution in [2.75, 3.05) is 13.2 Å². The molecule has 0 spiro atoms. The van der Waals surface area contributed by atoms with Crippen LogP contribution in [0, 0.1) is 0 Å². The molecular formula is C16H19ClN2O2. The second-order valence-electron chi connectivity index (χ2n) is 4.89. The Kier molecular flexibility index (Phi) is 5.84. The number of aromatic nitrogens is 1. The first-order valence-electron chi connectivity index (χ1n) is 6.94. The number of hydrogen-bond acceptors (Lipinski definition) is 2. The molecule has 1 aromatic carbocycles. The van der Waals surface area contributed by atoms with Crippen molar-refractivity contribution in [3.8, 4) is 0 Å². The van der Waals surface area contributed by atoms with E-state index in [9.17, 15) is 4.79 Å². The summed E-state index contributed by atoms with van der Waals surface area (Å²) < 4.78 is 0. The summed E-state index contributed by atoms with van der Waals surface area (Å²) in [6.07, 6.45) is 2.70. The number of carbonyl (C=O) groups is 1. The summed E-state index contributed by atoms with van der Waals surface area (Å²) >= 11 is 5.98. The minimum absolute atomic E-state index is 0.0332. The van der Waals surface area contributed by atoms with Crippen molar-refractivity contribution in [3.63, 3.8) is 0 Å². The van der Waals surface area contributed by atoms with Gasteiger partial charge in [0.1, 0.15) is 0 Å². The normalized spacial score (nSPS) is 10.6. The standard InChI is InChI=1S/C16H19ClN2O2/c17-14-5-1-4-13(10-14)12-19(8-3-9-20)16(21)11-15-6-2-7-18-15/h1-2,4-7,10,18,20H,3,8-9,11-12H2. The Hall–Kier alpha value is -1.78. The summed E-state index contributed by atoms with van der Waals surface area (Å²) in [6, 6.07) is 11.2. The van der Waals surface area contributed by atoms with Crippen LogP contribution in [0.15, 0.2) is 42.6 Å². The summed E-state index contributed by atoms with van der Waals surface area (Å²) in [5, 5.41) is 9.66. The lowest BCUT2D eigenvalue weighted by molar-refractivity contribution is -0.131. The Bertz CT molecular complexity index is 569. The summed E-state index contributed by atoms with van der Waals surface area (Å²) in [5.41, 5.74) is 1.88. The number of carbonyl (C=O) groups excluding carboxylic acids is 1. The fourth-order valence-corrected chi connectivity index (χ4v) is 2.37. The highest BCUT2D eigenvalue weighted by Crippen LogP contribution is 2.14.